The Hall–Kier alpha value is -2.04. The number of carboxylic acids is 1. The second-order valence-corrected chi connectivity index (χ2v) is 6.15. The van der Waals surface area contributed by atoms with Gasteiger partial charge in [0.25, 0.3) is 0 Å². The van der Waals surface area contributed by atoms with Crippen molar-refractivity contribution in [3.05, 3.63) is 29.3 Å². The van der Waals surface area contributed by atoms with Crippen molar-refractivity contribution in [1.29, 1.82) is 0 Å². The molecule has 23 heavy (non-hydrogen) atoms. The van der Waals surface area contributed by atoms with Crippen LogP contribution in [0.25, 0.3) is 0 Å². The highest BCUT2D eigenvalue weighted by Gasteiger charge is 2.22. The van der Waals surface area contributed by atoms with Crippen molar-refractivity contribution in [2.45, 2.75) is 58.5 Å². The third kappa shape index (κ3) is 4.24. The minimum absolute atomic E-state index is 0.294. The molecule has 0 spiro atoms. The van der Waals surface area contributed by atoms with Crippen molar-refractivity contribution in [1.82, 2.24) is 0 Å². The molecule has 1 atom stereocenters. The molecular weight excluding hydrogens is 294 g/mol. The number of carbonyl (C=O) groups is 1. The third-order valence-corrected chi connectivity index (χ3v) is 4.49. The lowest BCUT2D eigenvalue weighted by Gasteiger charge is -2.23. The summed E-state index contributed by atoms with van der Waals surface area (Å²) in [5.74, 6) is -0.109. The second-order valence-electron chi connectivity index (χ2n) is 6.15. The molecule has 0 amide bonds. The Balaban J connectivity index is 2.18. The summed E-state index contributed by atoms with van der Waals surface area (Å²) in [5, 5.41) is 22.1. The summed E-state index contributed by atoms with van der Waals surface area (Å²) < 4.78 is 5.57. The van der Waals surface area contributed by atoms with Crippen LogP contribution in [-0.4, -0.2) is 28.1 Å². The van der Waals surface area contributed by atoms with E-state index in [1.807, 2.05) is 19.1 Å². The maximum absolute atomic E-state index is 11.1. The van der Waals surface area contributed by atoms with E-state index < -0.39 is 12.1 Å². The van der Waals surface area contributed by atoms with Gasteiger partial charge in [-0.15, -0.1) is 0 Å². The average Bonchev–Trinajstić information content (AvgIpc) is 2.55. The van der Waals surface area contributed by atoms with Crippen LogP contribution in [0, 0.1) is 12.8 Å². The predicted octanol–water partition coefficient (Wildman–Crippen LogP) is 4.00. The van der Waals surface area contributed by atoms with Gasteiger partial charge < -0.3 is 15.1 Å². The number of hydrogen-bond donors (Lipinski definition) is 2. The minimum Gasteiger partial charge on any atom is -0.479 e. The molecular formula is C18H25NO4. The zero-order valence-corrected chi connectivity index (χ0v) is 13.8. The van der Waals surface area contributed by atoms with Gasteiger partial charge in [-0.3, -0.25) is 0 Å². The molecule has 1 aromatic carbocycles. The molecule has 0 radical (unpaired) electrons. The summed E-state index contributed by atoms with van der Waals surface area (Å²) in [6, 6.07) is 5.53. The summed E-state index contributed by atoms with van der Waals surface area (Å²) in [6.07, 6.45) is 5.24. The van der Waals surface area contributed by atoms with Crippen molar-refractivity contribution in [2.75, 3.05) is 0 Å². The summed E-state index contributed by atoms with van der Waals surface area (Å²) in [6.45, 7) is 3.66. The van der Waals surface area contributed by atoms with E-state index in [1.54, 1.807) is 13.0 Å². The smallest absolute Gasteiger partial charge is 0.344 e. The Morgan fingerprint density at radius 1 is 1.35 bits per heavy atom. The number of rotatable bonds is 6. The summed E-state index contributed by atoms with van der Waals surface area (Å²) in [5.41, 5.74) is 2.46. The van der Waals surface area contributed by atoms with Crippen LogP contribution in [0.5, 0.6) is 5.75 Å². The third-order valence-electron chi connectivity index (χ3n) is 4.49. The quantitative estimate of drug-likeness (QED) is 0.472. The Morgan fingerprint density at radius 2 is 2.04 bits per heavy atom. The number of oxime groups is 1. The molecule has 5 nitrogen and oxygen atoms in total. The molecule has 0 aromatic heterocycles. The fourth-order valence-electron chi connectivity index (χ4n) is 3.15. The zero-order valence-electron chi connectivity index (χ0n) is 13.8. The Labute approximate surface area is 137 Å². The van der Waals surface area contributed by atoms with Gasteiger partial charge >= 0.3 is 5.97 Å². The SMILES string of the molecule is CCC(Oc1ccc(C(=NO)C2CCCCC2)cc1C)C(=O)O. The maximum atomic E-state index is 11.1. The fourth-order valence-corrected chi connectivity index (χ4v) is 3.15. The van der Waals surface area contributed by atoms with Gasteiger partial charge in [-0.05, 0) is 49.9 Å². The maximum Gasteiger partial charge on any atom is 0.344 e. The molecule has 1 unspecified atom stereocenters. The van der Waals surface area contributed by atoms with E-state index in [4.69, 9.17) is 9.84 Å². The van der Waals surface area contributed by atoms with E-state index in [-0.39, 0.29) is 0 Å². The number of nitrogens with zero attached hydrogens (tertiary/aromatic N) is 1. The molecule has 1 saturated carbocycles. The van der Waals surface area contributed by atoms with Crippen LogP contribution in [0.2, 0.25) is 0 Å². The Bertz CT molecular complexity index is 576. The monoisotopic (exact) mass is 319 g/mol. The van der Waals surface area contributed by atoms with Gasteiger partial charge in [0.2, 0.25) is 0 Å². The van der Waals surface area contributed by atoms with E-state index in [0.717, 1.165) is 29.7 Å². The van der Waals surface area contributed by atoms with Gasteiger partial charge in [-0.25, -0.2) is 4.79 Å². The van der Waals surface area contributed by atoms with E-state index in [1.165, 1.54) is 19.3 Å². The van der Waals surface area contributed by atoms with E-state index in [9.17, 15) is 10.0 Å². The van der Waals surface area contributed by atoms with Crippen molar-refractivity contribution in [3.63, 3.8) is 0 Å². The molecule has 126 valence electrons. The van der Waals surface area contributed by atoms with Gasteiger partial charge in [0.05, 0.1) is 5.71 Å². The molecule has 2 rings (SSSR count). The topological polar surface area (TPSA) is 79.1 Å². The lowest BCUT2D eigenvalue weighted by atomic mass is 9.83. The standard InChI is InChI=1S/C18H25NO4/c1-3-15(18(20)21)23-16-10-9-14(11-12(16)2)17(19-22)13-7-5-4-6-8-13/h9-11,13,15,22H,3-8H2,1-2H3,(H,20,21). The summed E-state index contributed by atoms with van der Waals surface area (Å²) in [7, 11) is 0. The average molecular weight is 319 g/mol. The van der Waals surface area contributed by atoms with Crippen LogP contribution >= 0.6 is 0 Å². The molecule has 1 aliphatic rings. The predicted molar refractivity (Wildman–Crippen MR) is 88.4 cm³/mol. The molecule has 1 aromatic rings. The number of ether oxygens (including phenoxy) is 1. The lowest BCUT2D eigenvalue weighted by molar-refractivity contribution is -0.145. The minimum atomic E-state index is -0.962. The van der Waals surface area contributed by atoms with Crippen LogP contribution in [0.1, 0.15) is 56.6 Å². The first-order valence-electron chi connectivity index (χ1n) is 8.29. The van der Waals surface area contributed by atoms with Crippen molar-refractivity contribution < 1.29 is 19.8 Å². The fraction of sp³-hybridized carbons (Fsp3) is 0.556. The molecule has 0 aliphatic heterocycles. The highest BCUT2D eigenvalue weighted by Crippen LogP contribution is 2.29. The van der Waals surface area contributed by atoms with E-state index in [0.29, 0.717) is 18.1 Å². The van der Waals surface area contributed by atoms with Gasteiger partial charge in [-0.2, -0.15) is 0 Å². The number of carboxylic acid groups (broad SMARTS) is 1. The largest absolute Gasteiger partial charge is 0.479 e. The highest BCUT2D eigenvalue weighted by atomic mass is 16.5. The summed E-state index contributed by atoms with van der Waals surface area (Å²) in [4.78, 5) is 11.1. The van der Waals surface area contributed by atoms with E-state index in [2.05, 4.69) is 5.16 Å². The highest BCUT2D eigenvalue weighted by molar-refractivity contribution is 6.02. The second kappa shape index (κ2) is 7.99. The molecule has 5 heteroatoms. The van der Waals surface area contributed by atoms with Crippen molar-refractivity contribution >= 4 is 11.7 Å². The van der Waals surface area contributed by atoms with Gasteiger partial charge in [0.1, 0.15) is 5.75 Å². The van der Waals surface area contributed by atoms with Crippen LogP contribution in [0.3, 0.4) is 0 Å². The van der Waals surface area contributed by atoms with Crippen molar-refractivity contribution in [3.8, 4) is 5.75 Å². The number of hydrogen-bond acceptors (Lipinski definition) is 4. The van der Waals surface area contributed by atoms with Crippen molar-refractivity contribution in [2.24, 2.45) is 11.1 Å². The van der Waals surface area contributed by atoms with Gasteiger partial charge in [0.15, 0.2) is 6.10 Å². The first-order valence-corrected chi connectivity index (χ1v) is 8.29. The Kier molecular flexibility index (Phi) is 6.02. The number of benzene rings is 1. The number of aryl methyl sites for hydroxylation is 1. The van der Waals surface area contributed by atoms with E-state index >= 15 is 0 Å². The van der Waals surface area contributed by atoms with Crippen LogP contribution in [-0.2, 0) is 4.79 Å². The number of aliphatic carboxylic acids is 1. The molecule has 0 saturated heterocycles. The first kappa shape index (κ1) is 17.3. The van der Waals surface area contributed by atoms with Crippen LogP contribution < -0.4 is 4.74 Å². The summed E-state index contributed by atoms with van der Waals surface area (Å²) >= 11 is 0. The van der Waals surface area contributed by atoms with Gasteiger partial charge in [-0.1, -0.05) is 31.3 Å². The normalized spacial score (nSPS) is 17.7. The van der Waals surface area contributed by atoms with Crippen LogP contribution in [0.4, 0.5) is 0 Å². The molecule has 2 N–H and O–H groups in total. The molecule has 0 bridgehead atoms. The molecule has 1 aliphatic carbocycles. The molecule has 0 heterocycles. The van der Waals surface area contributed by atoms with Crippen LogP contribution in [0.15, 0.2) is 23.4 Å². The van der Waals surface area contributed by atoms with Gasteiger partial charge in [0, 0.05) is 11.5 Å². The Morgan fingerprint density at radius 3 is 2.57 bits per heavy atom. The first-order chi connectivity index (χ1) is 11.1. The zero-order chi connectivity index (χ0) is 16.8. The lowest BCUT2D eigenvalue weighted by Crippen LogP contribution is -2.26. The molecule has 1 fully saturated rings.